The van der Waals surface area contributed by atoms with E-state index in [2.05, 4.69) is 15.3 Å². The van der Waals surface area contributed by atoms with Crippen molar-refractivity contribution in [2.45, 2.75) is 19.9 Å². The predicted octanol–water partition coefficient (Wildman–Crippen LogP) is 3.19. The first-order valence-electron chi connectivity index (χ1n) is 6.15. The third-order valence-electron chi connectivity index (χ3n) is 2.65. The number of nitrogens with one attached hydrogen (secondary N) is 1. The van der Waals surface area contributed by atoms with Gasteiger partial charge in [-0.1, -0.05) is 0 Å². The molecule has 0 bridgehead atoms. The number of pyridine rings is 2. The number of anilines is 1. The van der Waals surface area contributed by atoms with Gasteiger partial charge in [-0.05, 0) is 37.6 Å². The minimum absolute atomic E-state index is 0.0911. The lowest BCUT2D eigenvalue weighted by atomic mass is 10.1. The van der Waals surface area contributed by atoms with Gasteiger partial charge < -0.3 is 10.1 Å². The first-order chi connectivity index (χ1) is 9.20. The Bertz CT molecular complexity index is 548. The summed E-state index contributed by atoms with van der Waals surface area (Å²) in [6.45, 7) is 4.37. The van der Waals surface area contributed by atoms with E-state index in [1.165, 1.54) is 12.3 Å². The molecule has 1 N–H and O–H groups in total. The number of nitrogens with zero attached hydrogens (tertiary/aromatic N) is 2. The van der Waals surface area contributed by atoms with Crippen LogP contribution in [0, 0.1) is 5.82 Å². The van der Waals surface area contributed by atoms with Crippen LogP contribution in [-0.4, -0.2) is 16.6 Å². The zero-order valence-electron chi connectivity index (χ0n) is 10.9. The maximum atomic E-state index is 13.1. The van der Waals surface area contributed by atoms with Gasteiger partial charge in [-0.2, -0.15) is 0 Å². The van der Waals surface area contributed by atoms with Gasteiger partial charge in [0.25, 0.3) is 0 Å². The van der Waals surface area contributed by atoms with E-state index in [0.717, 1.165) is 11.3 Å². The van der Waals surface area contributed by atoms with Crippen LogP contribution < -0.4 is 10.1 Å². The summed E-state index contributed by atoms with van der Waals surface area (Å²) in [5, 5.41) is 3.24. The van der Waals surface area contributed by atoms with Gasteiger partial charge in [-0.25, -0.2) is 9.37 Å². The first-order valence-corrected chi connectivity index (χ1v) is 6.15. The highest BCUT2D eigenvalue weighted by molar-refractivity contribution is 5.53. The average Bonchev–Trinajstić information content (AvgIpc) is 2.41. The molecule has 0 radical (unpaired) electrons. The monoisotopic (exact) mass is 261 g/mol. The van der Waals surface area contributed by atoms with E-state index < -0.39 is 0 Å². The Morgan fingerprint density at radius 3 is 3.00 bits per heavy atom. The highest BCUT2D eigenvalue weighted by atomic mass is 19.1. The largest absolute Gasteiger partial charge is 0.476 e. The summed E-state index contributed by atoms with van der Waals surface area (Å²) >= 11 is 0. The van der Waals surface area contributed by atoms with Crippen LogP contribution in [0.1, 0.15) is 25.5 Å². The molecule has 0 saturated carbocycles. The average molecular weight is 261 g/mol. The molecule has 2 aromatic rings. The second-order valence-corrected chi connectivity index (χ2v) is 4.09. The lowest BCUT2D eigenvalue weighted by molar-refractivity contribution is 0.328. The molecular formula is C14H16FN3O. The van der Waals surface area contributed by atoms with E-state index in [1.807, 2.05) is 26.0 Å². The molecule has 2 heterocycles. The Morgan fingerprint density at radius 1 is 1.42 bits per heavy atom. The molecule has 5 heteroatoms. The number of halogens is 1. The van der Waals surface area contributed by atoms with E-state index in [4.69, 9.17) is 4.74 Å². The van der Waals surface area contributed by atoms with Crippen molar-refractivity contribution in [1.82, 2.24) is 9.97 Å². The lowest BCUT2D eigenvalue weighted by Gasteiger charge is -2.17. The summed E-state index contributed by atoms with van der Waals surface area (Å²) in [7, 11) is 0. The molecule has 0 fully saturated rings. The van der Waals surface area contributed by atoms with Crippen molar-refractivity contribution in [3.63, 3.8) is 0 Å². The van der Waals surface area contributed by atoms with Crippen molar-refractivity contribution in [3.05, 3.63) is 48.2 Å². The van der Waals surface area contributed by atoms with E-state index >= 15 is 0 Å². The Morgan fingerprint density at radius 2 is 2.26 bits per heavy atom. The van der Waals surface area contributed by atoms with Gasteiger partial charge in [-0.15, -0.1) is 0 Å². The van der Waals surface area contributed by atoms with E-state index in [9.17, 15) is 4.39 Å². The minimum Gasteiger partial charge on any atom is -0.476 e. The van der Waals surface area contributed by atoms with Crippen LogP contribution >= 0.6 is 0 Å². The van der Waals surface area contributed by atoms with E-state index in [-0.39, 0.29) is 11.9 Å². The summed E-state index contributed by atoms with van der Waals surface area (Å²) in [6, 6.07) is 5.07. The molecule has 0 saturated heterocycles. The number of aromatic nitrogens is 2. The number of ether oxygens (including phenoxy) is 1. The van der Waals surface area contributed by atoms with Gasteiger partial charge >= 0.3 is 0 Å². The molecule has 2 aromatic heterocycles. The fourth-order valence-corrected chi connectivity index (χ4v) is 1.73. The van der Waals surface area contributed by atoms with Gasteiger partial charge in [0.15, 0.2) is 0 Å². The lowest BCUT2D eigenvalue weighted by Crippen LogP contribution is -2.09. The number of hydrogen-bond acceptors (Lipinski definition) is 4. The zero-order chi connectivity index (χ0) is 13.7. The summed E-state index contributed by atoms with van der Waals surface area (Å²) in [5.41, 5.74) is 1.55. The van der Waals surface area contributed by atoms with Gasteiger partial charge in [0.05, 0.1) is 24.5 Å². The number of rotatable bonds is 5. The maximum absolute atomic E-state index is 13.1. The van der Waals surface area contributed by atoms with Crippen molar-refractivity contribution in [3.8, 4) is 5.88 Å². The highest BCUT2D eigenvalue weighted by Crippen LogP contribution is 2.25. The normalized spacial score (nSPS) is 11.9. The number of hydrogen-bond donors (Lipinski definition) is 1. The molecular weight excluding hydrogens is 245 g/mol. The SMILES string of the molecule is CCOc1ncccc1NC(C)c1cncc(F)c1. The molecule has 0 aliphatic heterocycles. The van der Waals surface area contributed by atoms with Gasteiger partial charge in [0, 0.05) is 12.4 Å². The predicted molar refractivity (Wildman–Crippen MR) is 71.6 cm³/mol. The Hall–Kier alpha value is -2.17. The van der Waals surface area contributed by atoms with Crippen LogP contribution in [0.4, 0.5) is 10.1 Å². The molecule has 0 spiro atoms. The third kappa shape index (κ3) is 3.40. The Balaban J connectivity index is 2.16. The van der Waals surface area contributed by atoms with Gasteiger partial charge in [0.2, 0.25) is 5.88 Å². The second-order valence-electron chi connectivity index (χ2n) is 4.09. The van der Waals surface area contributed by atoms with Crippen LogP contribution in [0.5, 0.6) is 5.88 Å². The molecule has 0 aromatic carbocycles. The topological polar surface area (TPSA) is 47.0 Å². The second kappa shape index (κ2) is 6.13. The first kappa shape index (κ1) is 13.3. The molecule has 4 nitrogen and oxygen atoms in total. The summed E-state index contributed by atoms with van der Waals surface area (Å²) in [5.74, 6) is 0.198. The van der Waals surface area contributed by atoms with E-state index in [0.29, 0.717) is 12.5 Å². The van der Waals surface area contributed by atoms with Gasteiger partial charge in [0.1, 0.15) is 5.82 Å². The summed E-state index contributed by atoms with van der Waals surface area (Å²) < 4.78 is 18.6. The molecule has 0 aliphatic rings. The van der Waals surface area contributed by atoms with Crippen LogP contribution in [0.25, 0.3) is 0 Å². The fourth-order valence-electron chi connectivity index (χ4n) is 1.73. The summed E-state index contributed by atoms with van der Waals surface area (Å²) in [6.07, 6.45) is 4.49. The van der Waals surface area contributed by atoms with Crippen molar-refractivity contribution < 1.29 is 9.13 Å². The molecule has 19 heavy (non-hydrogen) atoms. The fraction of sp³-hybridized carbons (Fsp3) is 0.286. The third-order valence-corrected chi connectivity index (χ3v) is 2.65. The molecule has 1 unspecified atom stereocenters. The van der Waals surface area contributed by atoms with Crippen LogP contribution in [0.2, 0.25) is 0 Å². The van der Waals surface area contributed by atoms with Crippen molar-refractivity contribution in [2.24, 2.45) is 0 Å². The molecule has 0 amide bonds. The minimum atomic E-state index is -0.345. The van der Waals surface area contributed by atoms with Crippen LogP contribution in [-0.2, 0) is 0 Å². The zero-order valence-corrected chi connectivity index (χ0v) is 10.9. The Labute approximate surface area is 111 Å². The molecule has 100 valence electrons. The molecule has 2 rings (SSSR count). The summed E-state index contributed by atoms with van der Waals surface area (Å²) in [4.78, 5) is 8.00. The van der Waals surface area contributed by atoms with E-state index in [1.54, 1.807) is 12.4 Å². The van der Waals surface area contributed by atoms with Crippen LogP contribution in [0.15, 0.2) is 36.8 Å². The van der Waals surface area contributed by atoms with Crippen molar-refractivity contribution in [1.29, 1.82) is 0 Å². The van der Waals surface area contributed by atoms with Crippen LogP contribution in [0.3, 0.4) is 0 Å². The van der Waals surface area contributed by atoms with Gasteiger partial charge in [-0.3, -0.25) is 4.98 Å². The highest BCUT2D eigenvalue weighted by Gasteiger charge is 2.10. The standard InChI is InChI=1S/C14H16FN3O/c1-3-19-14-13(5-4-6-17-14)18-10(2)11-7-12(15)9-16-8-11/h4-10,18H,3H2,1-2H3. The quantitative estimate of drug-likeness (QED) is 0.898. The molecule has 0 aliphatic carbocycles. The maximum Gasteiger partial charge on any atom is 0.237 e. The Kier molecular flexibility index (Phi) is 4.28. The van der Waals surface area contributed by atoms with Crippen molar-refractivity contribution in [2.75, 3.05) is 11.9 Å². The molecule has 1 atom stereocenters. The van der Waals surface area contributed by atoms with Crippen molar-refractivity contribution >= 4 is 5.69 Å². The smallest absolute Gasteiger partial charge is 0.237 e.